The van der Waals surface area contributed by atoms with Crippen LogP contribution >= 0.6 is 0 Å². The van der Waals surface area contributed by atoms with Crippen LogP contribution in [0.1, 0.15) is 111 Å². The van der Waals surface area contributed by atoms with Crippen LogP contribution in [0.4, 0.5) is 0 Å². The number of carbonyl (C=O) groups is 3. The lowest BCUT2D eigenvalue weighted by molar-refractivity contribution is -0.699. The van der Waals surface area contributed by atoms with E-state index in [1.807, 2.05) is 6.92 Å². The van der Waals surface area contributed by atoms with Crippen LogP contribution in [-0.4, -0.2) is 84.1 Å². The van der Waals surface area contributed by atoms with E-state index in [4.69, 9.17) is 15.2 Å². The summed E-state index contributed by atoms with van der Waals surface area (Å²) in [4.78, 5) is 43.0. The van der Waals surface area contributed by atoms with Crippen molar-refractivity contribution >= 4 is 17.5 Å². The van der Waals surface area contributed by atoms with Crippen molar-refractivity contribution in [3.63, 3.8) is 0 Å². The Bertz CT molecular complexity index is 1060. The van der Waals surface area contributed by atoms with Gasteiger partial charge in [0.2, 0.25) is 0 Å². The van der Waals surface area contributed by atoms with Crippen molar-refractivity contribution in [3.8, 4) is 0 Å². The Kier molecular flexibility index (Phi) is 13.2. The average molecular weight is 636 g/mol. The molecule has 4 aliphatic rings. The molecule has 45 heavy (non-hydrogen) atoms. The van der Waals surface area contributed by atoms with E-state index in [2.05, 4.69) is 24.5 Å². The standard InChI is InChI=1S/C35H59N3O7/c1-4-6-10-25(21-37-5-2)29(13-9-18-39)44-33(43)35-32(42)28-12-8-7-11-27(28)31(41)34(35,45-35)20-26(22-40)23(3)14-15-24-16-17-38-30(36)19-24/h24-25,27-30,37-40H,4-22,36H2,1-3H3/p+2. The molecule has 2 saturated heterocycles. The van der Waals surface area contributed by atoms with Gasteiger partial charge in [0.25, 0.3) is 5.60 Å². The lowest BCUT2D eigenvalue weighted by Gasteiger charge is -2.38. The van der Waals surface area contributed by atoms with Gasteiger partial charge in [0.1, 0.15) is 12.3 Å². The summed E-state index contributed by atoms with van der Waals surface area (Å²) in [5.74, 6) is -1.68. The molecule has 2 aliphatic carbocycles. The van der Waals surface area contributed by atoms with Gasteiger partial charge in [0.15, 0.2) is 17.2 Å². The van der Waals surface area contributed by atoms with Crippen molar-refractivity contribution in [2.24, 2.45) is 29.4 Å². The highest BCUT2D eigenvalue weighted by molar-refractivity contribution is 6.23. The molecule has 0 aromatic rings. The van der Waals surface area contributed by atoms with Gasteiger partial charge in [-0.3, -0.25) is 15.3 Å². The topological polar surface area (TPSA) is 173 Å². The Balaban J connectivity index is 1.62. The molecule has 0 bridgehead atoms. The van der Waals surface area contributed by atoms with Crippen LogP contribution in [0.5, 0.6) is 0 Å². The third kappa shape index (κ3) is 7.73. The number of hydrogen-bond acceptors (Lipinski definition) is 8. The summed E-state index contributed by atoms with van der Waals surface area (Å²) >= 11 is 0. The molecule has 0 spiro atoms. The first kappa shape index (κ1) is 36.2. The van der Waals surface area contributed by atoms with Gasteiger partial charge < -0.3 is 30.3 Å². The number of unbranched alkanes of at least 4 members (excludes halogenated alkanes) is 1. The van der Waals surface area contributed by atoms with Gasteiger partial charge in [-0.15, -0.1) is 0 Å². The summed E-state index contributed by atoms with van der Waals surface area (Å²) in [5.41, 5.74) is 4.22. The summed E-state index contributed by atoms with van der Waals surface area (Å²) in [6.45, 7) is 8.59. The van der Waals surface area contributed by atoms with Crippen LogP contribution in [0.25, 0.3) is 0 Å². The molecule has 8 atom stereocenters. The normalized spacial score (nSPS) is 33.1. The zero-order chi connectivity index (χ0) is 32.6. The summed E-state index contributed by atoms with van der Waals surface area (Å²) in [6, 6.07) is 0. The molecule has 8 unspecified atom stereocenters. The van der Waals surface area contributed by atoms with E-state index in [0.29, 0.717) is 37.2 Å². The van der Waals surface area contributed by atoms with E-state index < -0.39 is 35.1 Å². The number of aliphatic hydroxyl groups excluding tert-OH is 2. The molecule has 0 radical (unpaired) electrons. The Hall–Kier alpha value is -1.69. The maximum Gasteiger partial charge on any atom is 0.350 e. The van der Waals surface area contributed by atoms with Crippen molar-refractivity contribution in [2.45, 2.75) is 134 Å². The maximum absolute atomic E-state index is 14.3. The number of piperidine rings is 1. The highest BCUT2D eigenvalue weighted by Crippen LogP contribution is 2.62. The summed E-state index contributed by atoms with van der Waals surface area (Å²) in [6.07, 6.45) is 10.1. The van der Waals surface area contributed by atoms with Gasteiger partial charge in [0, 0.05) is 37.2 Å². The van der Waals surface area contributed by atoms with E-state index in [1.165, 1.54) is 0 Å². The van der Waals surface area contributed by atoms with E-state index in [1.54, 1.807) is 0 Å². The number of hydrogen-bond donors (Lipinski definition) is 5. The number of fused-ring (bicyclic) bond motifs is 2. The van der Waals surface area contributed by atoms with Gasteiger partial charge in [-0.25, -0.2) is 4.79 Å². The van der Waals surface area contributed by atoms with Crippen molar-refractivity contribution in [1.29, 1.82) is 0 Å². The summed E-state index contributed by atoms with van der Waals surface area (Å²) in [7, 11) is 0. The Labute approximate surface area is 269 Å². The number of allylic oxidation sites excluding steroid dienone is 1. The molecule has 2 saturated carbocycles. The molecule has 10 heteroatoms. The second-order valence-corrected chi connectivity index (χ2v) is 14.3. The van der Waals surface area contributed by atoms with Crippen LogP contribution in [-0.2, 0) is 23.9 Å². The van der Waals surface area contributed by atoms with Crippen molar-refractivity contribution in [1.82, 2.24) is 0 Å². The molecule has 0 amide bonds. The quantitative estimate of drug-likeness (QED) is 0.0648. The zero-order valence-corrected chi connectivity index (χ0v) is 28.1. The minimum absolute atomic E-state index is 0.0201. The fourth-order valence-corrected chi connectivity index (χ4v) is 8.44. The first-order valence-electron chi connectivity index (χ1n) is 18.0. The lowest BCUT2D eigenvalue weighted by Crippen LogP contribution is -2.94. The second kappa shape index (κ2) is 16.4. The predicted molar refractivity (Wildman–Crippen MR) is 170 cm³/mol. The van der Waals surface area contributed by atoms with Crippen LogP contribution < -0.4 is 16.4 Å². The number of rotatable bonds is 18. The van der Waals surface area contributed by atoms with Crippen molar-refractivity contribution in [3.05, 3.63) is 11.1 Å². The number of epoxide rings is 1. The van der Waals surface area contributed by atoms with Gasteiger partial charge in [-0.2, -0.15) is 0 Å². The van der Waals surface area contributed by atoms with Gasteiger partial charge in [-0.1, -0.05) is 38.2 Å². The number of quaternary nitrogens is 2. The van der Waals surface area contributed by atoms with Crippen LogP contribution in [0, 0.1) is 23.7 Å². The van der Waals surface area contributed by atoms with E-state index >= 15 is 0 Å². The summed E-state index contributed by atoms with van der Waals surface area (Å²) in [5, 5.41) is 24.6. The number of nitrogens with two attached hydrogens (primary N) is 3. The highest BCUT2D eigenvalue weighted by atomic mass is 16.7. The SMILES string of the molecule is CCCCC(C[NH2+]CC)C(CCCO)OC(=O)C12OC1(CC(CO)=C(C)CCC1CC[NH2+]C(N)C1)C(=O)C1CCCCC1C2=O. The zero-order valence-electron chi connectivity index (χ0n) is 28.1. The van der Waals surface area contributed by atoms with Gasteiger partial charge >= 0.3 is 5.97 Å². The van der Waals surface area contributed by atoms with E-state index in [0.717, 1.165) is 83.0 Å². The van der Waals surface area contributed by atoms with Gasteiger partial charge in [-0.05, 0) is 76.7 Å². The fraction of sp³-hybridized carbons (Fsp3) is 0.857. The molecule has 2 heterocycles. The third-order valence-corrected chi connectivity index (χ3v) is 11.3. The van der Waals surface area contributed by atoms with Crippen LogP contribution in [0.3, 0.4) is 0 Å². The first-order valence-corrected chi connectivity index (χ1v) is 18.0. The number of Topliss-reactive ketones (excluding diaryl/α,β-unsaturated/α-hetero) is 2. The minimum atomic E-state index is -1.96. The Morgan fingerprint density at radius 3 is 2.49 bits per heavy atom. The predicted octanol–water partition coefficient (Wildman–Crippen LogP) is 1.26. The van der Waals surface area contributed by atoms with Crippen LogP contribution in [0.2, 0.25) is 0 Å². The molecule has 8 N–H and O–H groups in total. The molecular formula is C35H61N3O7+2. The molecule has 4 fully saturated rings. The monoisotopic (exact) mass is 635 g/mol. The number of carbonyl (C=O) groups excluding carboxylic acids is 3. The average Bonchev–Trinajstić information content (AvgIpc) is 3.75. The number of ketones is 2. The molecule has 0 aromatic heterocycles. The molecule has 4 rings (SSSR count). The number of aliphatic hydroxyl groups is 2. The lowest BCUT2D eigenvalue weighted by atomic mass is 9.60. The molecule has 0 aromatic carbocycles. The van der Waals surface area contributed by atoms with E-state index in [-0.39, 0.29) is 43.3 Å². The van der Waals surface area contributed by atoms with Crippen molar-refractivity contribution in [2.75, 3.05) is 32.8 Å². The Morgan fingerprint density at radius 1 is 1.11 bits per heavy atom. The molecule has 256 valence electrons. The highest BCUT2D eigenvalue weighted by Gasteiger charge is 2.87. The number of esters is 1. The molecule has 2 aliphatic heterocycles. The molecule has 10 nitrogen and oxygen atoms in total. The first-order chi connectivity index (χ1) is 21.7. The molecular weight excluding hydrogens is 574 g/mol. The maximum atomic E-state index is 14.3. The second-order valence-electron chi connectivity index (χ2n) is 14.3. The summed E-state index contributed by atoms with van der Waals surface area (Å²) < 4.78 is 12.5. The van der Waals surface area contributed by atoms with Crippen LogP contribution in [0.15, 0.2) is 11.1 Å². The van der Waals surface area contributed by atoms with E-state index in [9.17, 15) is 24.6 Å². The third-order valence-electron chi connectivity index (χ3n) is 11.3. The largest absolute Gasteiger partial charge is 0.459 e. The smallest absolute Gasteiger partial charge is 0.350 e. The van der Waals surface area contributed by atoms with Crippen molar-refractivity contribution < 1.29 is 44.7 Å². The van der Waals surface area contributed by atoms with Gasteiger partial charge in [0.05, 0.1) is 26.2 Å². The minimum Gasteiger partial charge on any atom is -0.459 e. The Morgan fingerprint density at radius 2 is 1.84 bits per heavy atom. The number of ether oxygens (including phenoxy) is 2. The fourth-order valence-electron chi connectivity index (χ4n) is 8.44.